The number of nitrogens with zero attached hydrogens (tertiary/aromatic N) is 2. The van der Waals surface area contributed by atoms with E-state index in [1.165, 1.54) is 18.4 Å². The minimum Gasteiger partial charge on any atom is -0.468 e. The molecule has 0 spiro atoms. The third-order valence-electron chi connectivity index (χ3n) is 3.02. The van der Waals surface area contributed by atoms with Gasteiger partial charge >= 0.3 is 5.97 Å². The summed E-state index contributed by atoms with van der Waals surface area (Å²) in [5.74, 6) is -0.137. The molecule has 1 aromatic rings. The highest BCUT2D eigenvalue weighted by molar-refractivity contribution is 7.15. The van der Waals surface area contributed by atoms with Crippen LogP contribution in [0.4, 0.5) is 5.13 Å². The number of hydrogen-bond acceptors (Lipinski definition) is 6. The summed E-state index contributed by atoms with van der Waals surface area (Å²) < 4.78 is 4.85. The summed E-state index contributed by atoms with van der Waals surface area (Å²) >= 11 is 1.48. The van der Waals surface area contributed by atoms with E-state index in [1.54, 1.807) is 6.20 Å². The summed E-state index contributed by atoms with van der Waals surface area (Å²) in [6.45, 7) is 1.66. The molecule has 1 atom stereocenters. The highest BCUT2D eigenvalue weighted by atomic mass is 35.5. The van der Waals surface area contributed by atoms with Crippen molar-refractivity contribution in [2.24, 2.45) is 0 Å². The summed E-state index contributed by atoms with van der Waals surface area (Å²) in [7, 11) is 1.44. The number of aromatic nitrogens is 1. The van der Waals surface area contributed by atoms with Crippen LogP contribution in [0.5, 0.6) is 0 Å². The van der Waals surface area contributed by atoms with Gasteiger partial charge in [0.15, 0.2) is 5.13 Å². The van der Waals surface area contributed by atoms with E-state index in [0.29, 0.717) is 5.13 Å². The zero-order valence-electron chi connectivity index (χ0n) is 10.3. The fourth-order valence-corrected chi connectivity index (χ4v) is 2.89. The number of carbonyl (C=O) groups excluding carboxylic acids is 1. The van der Waals surface area contributed by atoms with Crippen molar-refractivity contribution in [2.45, 2.75) is 31.8 Å². The lowest BCUT2D eigenvalue weighted by atomic mass is 10.0. The molecule has 2 N–H and O–H groups in total. The zero-order valence-corrected chi connectivity index (χ0v) is 11.9. The molecule has 0 amide bonds. The van der Waals surface area contributed by atoms with Crippen LogP contribution >= 0.6 is 23.7 Å². The zero-order chi connectivity index (χ0) is 12.3. The number of methoxy groups -OCH3 is 1. The number of likely N-dealkylation sites (tertiary alicyclic amines) is 1. The molecule has 0 bridgehead atoms. The van der Waals surface area contributed by atoms with Gasteiger partial charge in [0.1, 0.15) is 6.04 Å². The van der Waals surface area contributed by atoms with E-state index in [0.717, 1.165) is 37.2 Å². The Morgan fingerprint density at radius 2 is 2.44 bits per heavy atom. The number of piperidine rings is 1. The second-order valence-electron chi connectivity index (χ2n) is 4.17. The van der Waals surface area contributed by atoms with E-state index in [2.05, 4.69) is 9.88 Å². The van der Waals surface area contributed by atoms with Gasteiger partial charge in [-0.05, 0) is 19.4 Å². The molecule has 1 aliphatic heterocycles. The molecule has 1 saturated heterocycles. The summed E-state index contributed by atoms with van der Waals surface area (Å²) in [6, 6.07) is -0.114. The number of anilines is 1. The Morgan fingerprint density at radius 3 is 3.06 bits per heavy atom. The average molecular weight is 292 g/mol. The summed E-state index contributed by atoms with van der Waals surface area (Å²) in [5, 5.41) is 0.576. The number of halogens is 1. The molecule has 7 heteroatoms. The maximum atomic E-state index is 11.7. The molecule has 0 aromatic carbocycles. The molecule has 102 valence electrons. The lowest BCUT2D eigenvalue weighted by molar-refractivity contribution is -0.148. The van der Waals surface area contributed by atoms with E-state index < -0.39 is 0 Å². The van der Waals surface area contributed by atoms with Crippen LogP contribution in [-0.2, 0) is 16.1 Å². The average Bonchev–Trinajstić information content (AvgIpc) is 2.74. The second kappa shape index (κ2) is 6.92. The van der Waals surface area contributed by atoms with Crippen LogP contribution in [0.2, 0.25) is 0 Å². The van der Waals surface area contributed by atoms with Crippen LogP contribution < -0.4 is 5.73 Å². The van der Waals surface area contributed by atoms with Crippen molar-refractivity contribution in [2.75, 3.05) is 19.4 Å². The first-order valence-electron chi connectivity index (χ1n) is 5.73. The van der Waals surface area contributed by atoms with Crippen molar-refractivity contribution in [3.8, 4) is 0 Å². The Morgan fingerprint density at radius 1 is 1.67 bits per heavy atom. The fourth-order valence-electron chi connectivity index (χ4n) is 2.18. The van der Waals surface area contributed by atoms with Gasteiger partial charge in [-0.15, -0.1) is 23.7 Å². The number of thiazole rings is 1. The molecule has 2 heterocycles. The number of ether oxygens (including phenoxy) is 1. The molecule has 2 rings (SSSR count). The molecule has 1 fully saturated rings. The number of nitrogens with two attached hydrogens (primary N) is 1. The summed E-state index contributed by atoms with van der Waals surface area (Å²) in [6.07, 6.45) is 4.87. The second-order valence-corrected chi connectivity index (χ2v) is 5.32. The van der Waals surface area contributed by atoms with Crippen molar-refractivity contribution in [3.63, 3.8) is 0 Å². The van der Waals surface area contributed by atoms with Crippen molar-refractivity contribution in [3.05, 3.63) is 11.1 Å². The maximum Gasteiger partial charge on any atom is 0.323 e. The molecule has 0 radical (unpaired) electrons. The van der Waals surface area contributed by atoms with Crippen molar-refractivity contribution < 1.29 is 9.53 Å². The first kappa shape index (κ1) is 15.2. The van der Waals surface area contributed by atoms with Crippen LogP contribution in [0.1, 0.15) is 24.1 Å². The van der Waals surface area contributed by atoms with Crippen molar-refractivity contribution in [1.29, 1.82) is 0 Å². The minimum absolute atomic E-state index is 0. The number of rotatable bonds is 3. The number of carbonyl (C=O) groups is 1. The molecule has 1 aliphatic rings. The van der Waals surface area contributed by atoms with Crippen LogP contribution in [0.15, 0.2) is 6.20 Å². The Bertz CT molecular complexity index is 399. The number of esters is 1. The van der Waals surface area contributed by atoms with Crippen molar-refractivity contribution >= 4 is 34.8 Å². The first-order valence-corrected chi connectivity index (χ1v) is 6.54. The maximum absolute atomic E-state index is 11.7. The van der Waals surface area contributed by atoms with Crippen LogP contribution in [0, 0.1) is 0 Å². The van der Waals surface area contributed by atoms with E-state index >= 15 is 0 Å². The Kier molecular flexibility index (Phi) is 5.84. The lowest BCUT2D eigenvalue weighted by Gasteiger charge is -2.33. The lowest BCUT2D eigenvalue weighted by Crippen LogP contribution is -2.44. The molecule has 18 heavy (non-hydrogen) atoms. The standard InChI is InChI=1S/C11H17N3O2S.ClH/c1-16-10(15)9-4-2-3-5-14(9)7-8-6-13-11(12)17-8;/h6,9H,2-5,7H2,1H3,(H2,12,13);1H/t9-;/m1./s1. The van der Waals surface area contributed by atoms with Crippen LogP contribution in [0.3, 0.4) is 0 Å². The molecule has 1 aromatic heterocycles. The Labute approximate surface area is 117 Å². The number of hydrogen-bond donors (Lipinski definition) is 1. The van der Waals surface area contributed by atoms with Gasteiger partial charge in [0, 0.05) is 17.6 Å². The van der Waals surface area contributed by atoms with Gasteiger partial charge in [-0.2, -0.15) is 0 Å². The predicted molar refractivity (Wildman–Crippen MR) is 73.8 cm³/mol. The van der Waals surface area contributed by atoms with Crippen molar-refractivity contribution in [1.82, 2.24) is 9.88 Å². The quantitative estimate of drug-likeness (QED) is 0.858. The van der Waals surface area contributed by atoms with E-state index in [-0.39, 0.29) is 24.4 Å². The van der Waals surface area contributed by atoms with Crippen LogP contribution in [-0.4, -0.2) is 35.5 Å². The molecule has 0 unspecified atom stereocenters. The van der Waals surface area contributed by atoms with Gasteiger partial charge in [0.05, 0.1) is 7.11 Å². The Hall–Kier alpha value is -0.850. The van der Waals surface area contributed by atoms with E-state index in [4.69, 9.17) is 10.5 Å². The highest BCUT2D eigenvalue weighted by Gasteiger charge is 2.29. The van der Waals surface area contributed by atoms with Gasteiger partial charge in [0.2, 0.25) is 0 Å². The largest absolute Gasteiger partial charge is 0.468 e. The van der Waals surface area contributed by atoms with Gasteiger partial charge in [-0.3, -0.25) is 9.69 Å². The van der Waals surface area contributed by atoms with Gasteiger partial charge < -0.3 is 10.5 Å². The van der Waals surface area contributed by atoms with Gasteiger partial charge in [-0.25, -0.2) is 4.98 Å². The third kappa shape index (κ3) is 3.57. The smallest absolute Gasteiger partial charge is 0.323 e. The van der Waals surface area contributed by atoms with E-state index in [1.807, 2.05) is 0 Å². The van der Waals surface area contributed by atoms with Gasteiger partial charge in [-0.1, -0.05) is 6.42 Å². The molecule has 0 aliphatic carbocycles. The van der Waals surface area contributed by atoms with Gasteiger partial charge in [0.25, 0.3) is 0 Å². The van der Waals surface area contributed by atoms with Crippen LogP contribution in [0.25, 0.3) is 0 Å². The third-order valence-corrected chi connectivity index (χ3v) is 3.83. The molecular weight excluding hydrogens is 274 g/mol. The normalized spacial score (nSPS) is 20.2. The van der Waals surface area contributed by atoms with E-state index in [9.17, 15) is 4.79 Å². The summed E-state index contributed by atoms with van der Waals surface area (Å²) in [4.78, 5) is 18.9. The number of nitrogen functional groups attached to an aromatic ring is 1. The highest BCUT2D eigenvalue weighted by Crippen LogP contribution is 2.23. The first-order chi connectivity index (χ1) is 8.20. The predicted octanol–water partition coefficient (Wildman–Crippen LogP) is 1.67. The molecular formula is C11H18ClN3O2S. The minimum atomic E-state index is -0.137. The fraction of sp³-hybridized carbons (Fsp3) is 0.636. The SMILES string of the molecule is COC(=O)[C@H]1CCCCN1Cc1cnc(N)s1.Cl. The molecule has 0 saturated carbocycles. The Balaban J connectivity index is 0.00000162. The topological polar surface area (TPSA) is 68.5 Å². The molecule has 5 nitrogen and oxygen atoms in total. The monoisotopic (exact) mass is 291 g/mol. The summed E-state index contributed by atoms with van der Waals surface area (Å²) in [5.41, 5.74) is 5.60.